The van der Waals surface area contributed by atoms with Gasteiger partial charge in [-0.25, -0.2) is 0 Å². The van der Waals surface area contributed by atoms with Crippen molar-refractivity contribution in [1.29, 1.82) is 0 Å². The van der Waals surface area contributed by atoms with Crippen LogP contribution in [0.1, 0.15) is 50.1 Å². The van der Waals surface area contributed by atoms with Gasteiger partial charge in [-0.3, -0.25) is 0 Å². The second-order valence-electron chi connectivity index (χ2n) is 22.0. The molecule has 4 heterocycles. The molecule has 4 nitrogen and oxygen atoms in total. The molecule has 10 aromatic rings. The molecule has 0 spiro atoms. The van der Waals surface area contributed by atoms with Crippen LogP contribution < -0.4 is 52.2 Å². The Morgan fingerprint density at radius 3 is 1.32 bits per heavy atom. The van der Waals surface area contributed by atoms with E-state index in [4.69, 9.17) is 4.74 Å². The molecule has 360 valence electrons. The third-order valence-corrected chi connectivity index (χ3v) is 16.6. The van der Waals surface area contributed by atoms with Crippen molar-refractivity contribution in [2.45, 2.75) is 62.3 Å². The SMILES string of the molecule is Cc1ccc(N2c3cccc(C)c3B3c4cc5c(cc4Oc4cc(-c6ccc(C)cc6C)cc2c43)N(c2ccc(C)cc2)c2cc(-c3ccc(C)cc3C)cc3c2B5c2cc(C)ccc2N3c2ccc(C)cc2)cc1. The molecular weight excluding hydrogens is 908 g/mol. The first kappa shape index (κ1) is 45.2. The highest BCUT2D eigenvalue weighted by molar-refractivity contribution is 7.02. The van der Waals surface area contributed by atoms with Gasteiger partial charge in [-0.2, -0.15) is 0 Å². The van der Waals surface area contributed by atoms with Gasteiger partial charge in [0, 0.05) is 57.3 Å². The van der Waals surface area contributed by atoms with Crippen molar-refractivity contribution in [3.63, 3.8) is 0 Å². The Hall–Kier alpha value is -8.47. The lowest BCUT2D eigenvalue weighted by atomic mass is 9.30. The smallest absolute Gasteiger partial charge is 0.256 e. The van der Waals surface area contributed by atoms with Crippen LogP contribution >= 0.6 is 0 Å². The van der Waals surface area contributed by atoms with Crippen molar-refractivity contribution in [3.8, 4) is 33.8 Å². The standard InChI is InChI=1S/C69H57B2N3O/c1-40-13-22-51(23-14-40)72-59-30-21-45(6)33-56(59)70-57-38-58-65(39-61(57)74(53-26-17-42(3)18-27-53)63-35-49(34-62(72)68(63)70)54-28-19-43(4)31-47(54)8)75-66-37-50(55-29-20-44(5)32-48(55)9)36-64-69(66)71(58)67-46(7)11-10-12-60(67)73(64)52-24-15-41(2)16-25-52/h10-39H,1-9H3. The molecule has 0 bridgehead atoms. The minimum atomic E-state index is -0.0969. The quantitative estimate of drug-likeness (QED) is 0.160. The first-order valence-corrected chi connectivity index (χ1v) is 26.5. The molecule has 0 saturated heterocycles. The molecule has 0 N–H and O–H groups in total. The lowest BCUT2D eigenvalue weighted by Crippen LogP contribution is -2.64. The Bertz CT molecular complexity index is 4050. The Kier molecular flexibility index (Phi) is 10.1. The lowest BCUT2D eigenvalue weighted by Gasteiger charge is -2.46. The fourth-order valence-electron chi connectivity index (χ4n) is 13.1. The predicted molar refractivity (Wildman–Crippen MR) is 320 cm³/mol. The number of aryl methyl sites for hydroxylation is 9. The predicted octanol–water partition coefficient (Wildman–Crippen LogP) is 14.3. The van der Waals surface area contributed by atoms with E-state index in [9.17, 15) is 0 Å². The van der Waals surface area contributed by atoms with Crippen LogP contribution in [0.2, 0.25) is 0 Å². The van der Waals surface area contributed by atoms with Crippen LogP contribution in [-0.2, 0) is 0 Å². The van der Waals surface area contributed by atoms with E-state index in [1.165, 1.54) is 122 Å². The van der Waals surface area contributed by atoms with Gasteiger partial charge in [-0.15, -0.1) is 0 Å². The fraction of sp³-hybridized carbons (Fsp3) is 0.130. The molecule has 4 aliphatic heterocycles. The molecule has 0 fully saturated rings. The topological polar surface area (TPSA) is 19.0 Å². The summed E-state index contributed by atoms with van der Waals surface area (Å²) in [4.78, 5) is 7.57. The zero-order valence-corrected chi connectivity index (χ0v) is 44.2. The number of rotatable bonds is 5. The summed E-state index contributed by atoms with van der Waals surface area (Å²) < 4.78 is 7.60. The Morgan fingerprint density at radius 2 is 0.760 bits per heavy atom. The maximum absolute atomic E-state index is 7.60. The van der Waals surface area contributed by atoms with E-state index in [0.29, 0.717) is 0 Å². The van der Waals surface area contributed by atoms with Gasteiger partial charge in [0.2, 0.25) is 0 Å². The first-order valence-electron chi connectivity index (χ1n) is 26.5. The molecule has 0 atom stereocenters. The number of anilines is 9. The van der Waals surface area contributed by atoms with Crippen molar-refractivity contribution in [2.24, 2.45) is 0 Å². The number of fused-ring (bicyclic) bond motifs is 8. The summed E-state index contributed by atoms with van der Waals surface area (Å²) in [5.41, 5.74) is 34.0. The second kappa shape index (κ2) is 16.8. The van der Waals surface area contributed by atoms with E-state index in [1.807, 2.05) is 0 Å². The largest absolute Gasteiger partial charge is 0.458 e. The molecule has 4 aliphatic rings. The van der Waals surface area contributed by atoms with E-state index >= 15 is 0 Å². The van der Waals surface area contributed by atoms with Gasteiger partial charge in [0.05, 0.1) is 0 Å². The average molecular weight is 966 g/mol. The van der Waals surface area contributed by atoms with Crippen molar-refractivity contribution in [3.05, 3.63) is 232 Å². The van der Waals surface area contributed by atoms with Gasteiger partial charge in [0.15, 0.2) is 0 Å². The van der Waals surface area contributed by atoms with Crippen LogP contribution in [0.15, 0.2) is 182 Å². The van der Waals surface area contributed by atoms with Crippen LogP contribution in [0.5, 0.6) is 11.5 Å². The van der Waals surface area contributed by atoms with Crippen molar-refractivity contribution in [2.75, 3.05) is 14.7 Å². The van der Waals surface area contributed by atoms with Crippen LogP contribution in [0.3, 0.4) is 0 Å². The van der Waals surface area contributed by atoms with Crippen LogP contribution in [0.25, 0.3) is 22.3 Å². The third kappa shape index (κ3) is 6.99. The molecule has 14 rings (SSSR count). The third-order valence-electron chi connectivity index (χ3n) is 16.6. The van der Waals surface area contributed by atoms with Crippen LogP contribution in [0.4, 0.5) is 51.2 Å². The van der Waals surface area contributed by atoms with Crippen LogP contribution in [-0.4, -0.2) is 13.4 Å². The lowest BCUT2D eigenvalue weighted by molar-refractivity contribution is 0.488. The summed E-state index contributed by atoms with van der Waals surface area (Å²) in [6, 6.07) is 69.5. The molecule has 0 amide bonds. The van der Waals surface area contributed by atoms with E-state index in [0.717, 1.165) is 45.5 Å². The second-order valence-corrected chi connectivity index (χ2v) is 22.0. The molecule has 0 saturated carbocycles. The van der Waals surface area contributed by atoms with E-state index in [-0.39, 0.29) is 13.4 Å². The molecule has 0 aromatic heterocycles. The van der Waals surface area contributed by atoms with E-state index in [2.05, 4.69) is 259 Å². The Balaban J connectivity index is 1.08. The molecule has 10 aromatic carbocycles. The molecular formula is C69H57B2N3O. The zero-order valence-electron chi connectivity index (χ0n) is 44.2. The van der Waals surface area contributed by atoms with Gasteiger partial charge < -0.3 is 19.4 Å². The van der Waals surface area contributed by atoms with Gasteiger partial charge in [-0.05, 0) is 201 Å². The van der Waals surface area contributed by atoms with E-state index in [1.54, 1.807) is 0 Å². The molecule has 0 radical (unpaired) electrons. The van der Waals surface area contributed by atoms with Crippen LogP contribution in [0, 0.1) is 62.3 Å². The number of hydrogen-bond donors (Lipinski definition) is 0. The Morgan fingerprint density at radius 1 is 0.293 bits per heavy atom. The van der Waals surface area contributed by atoms with Gasteiger partial charge in [0.1, 0.15) is 11.5 Å². The highest BCUT2D eigenvalue weighted by Gasteiger charge is 2.48. The highest BCUT2D eigenvalue weighted by Crippen LogP contribution is 2.49. The van der Waals surface area contributed by atoms with Gasteiger partial charge >= 0.3 is 0 Å². The summed E-state index contributed by atoms with van der Waals surface area (Å²) in [6.45, 7) is 19.7. The van der Waals surface area contributed by atoms with Crippen molar-refractivity contribution < 1.29 is 4.74 Å². The van der Waals surface area contributed by atoms with E-state index < -0.39 is 0 Å². The molecule has 0 unspecified atom stereocenters. The summed E-state index contributed by atoms with van der Waals surface area (Å²) >= 11 is 0. The minimum Gasteiger partial charge on any atom is -0.458 e. The summed E-state index contributed by atoms with van der Waals surface area (Å²) in [6.07, 6.45) is 0. The maximum Gasteiger partial charge on any atom is 0.256 e. The molecule has 75 heavy (non-hydrogen) atoms. The number of nitrogens with zero attached hydrogens (tertiary/aromatic N) is 3. The van der Waals surface area contributed by atoms with Gasteiger partial charge in [-0.1, -0.05) is 142 Å². The van der Waals surface area contributed by atoms with Gasteiger partial charge in [0.25, 0.3) is 13.4 Å². The summed E-state index contributed by atoms with van der Waals surface area (Å²) in [7, 11) is 0. The average Bonchev–Trinajstić information content (AvgIpc) is 3.51. The number of benzene rings is 10. The minimum absolute atomic E-state index is 0.0847. The summed E-state index contributed by atoms with van der Waals surface area (Å²) in [5, 5.41) is 0. The maximum atomic E-state index is 7.60. The molecule has 6 heteroatoms. The fourth-order valence-corrected chi connectivity index (χ4v) is 13.1. The number of hydrogen-bond acceptors (Lipinski definition) is 4. The summed E-state index contributed by atoms with van der Waals surface area (Å²) in [5.74, 6) is 1.79. The van der Waals surface area contributed by atoms with Crippen molar-refractivity contribution in [1.82, 2.24) is 0 Å². The number of ether oxygens (including phenoxy) is 1. The molecule has 0 aliphatic carbocycles. The normalized spacial score (nSPS) is 13.4. The first-order chi connectivity index (χ1) is 36.4. The monoisotopic (exact) mass is 965 g/mol. The van der Waals surface area contributed by atoms with Crippen molar-refractivity contribution >= 4 is 97.4 Å². The Labute approximate surface area is 442 Å². The zero-order chi connectivity index (χ0) is 51.1. The highest BCUT2D eigenvalue weighted by atomic mass is 16.5.